The average Bonchev–Trinajstić information content (AvgIpc) is 2.99. The smallest absolute Gasteiger partial charge is 0.248 e. The molecule has 1 amide bonds. The summed E-state index contributed by atoms with van der Waals surface area (Å²) in [6, 6.07) is 5.37. The van der Waals surface area contributed by atoms with Gasteiger partial charge in [-0.2, -0.15) is 5.10 Å². The quantitative estimate of drug-likeness (QED) is 0.453. The van der Waals surface area contributed by atoms with E-state index in [9.17, 15) is 4.79 Å². The van der Waals surface area contributed by atoms with Gasteiger partial charge in [-0.15, -0.1) is 0 Å². The maximum absolute atomic E-state index is 12.1. The van der Waals surface area contributed by atoms with Crippen molar-refractivity contribution in [3.63, 3.8) is 0 Å². The van der Waals surface area contributed by atoms with Gasteiger partial charge in [0.25, 0.3) is 0 Å². The first-order valence-electron chi connectivity index (χ1n) is 6.27. The maximum Gasteiger partial charge on any atom is 0.248 e. The largest absolute Gasteiger partial charge is 0.497 e. The predicted octanol–water partition coefficient (Wildman–Crippen LogP) is 3.05. The summed E-state index contributed by atoms with van der Waals surface area (Å²) in [5.74, 6) is 1.18. The van der Waals surface area contributed by atoms with Gasteiger partial charge in [-0.1, -0.05) is 31.9 Å². The SMILES string of the molecule is COc1ccc(/C=N\NC(=O)[C@]2(C)CC2(Br)Br)c(OC)c1. The van der Waals surface area contributed by atoms with Gasteiger partial charge in [-0.3, -0.25) is 4.79 Å². The minimum Gasteiger partial charge on any atom is -0.497 e. The van der Waals surface area contributed by atoms with Gasteiger partial charge in [-0.05, 0) is 25.5 Å². The van der Waals surface area contributed by atoms with E-state index in [1.54, 1.807) is 32.6 Å². The van der Waals surface area contributed by atoms with Crippen LogP contribution in [0.15, 0.2) is 23.3 Å². The second kappa shape index (κ2) is 5.96. The molecule has 0 saturated heterocycles. The van der Waals surface area contributed by atoms with E-state index < -0.39 is 5.41 Å². The van der Waals surface area contributed by atoms with Crippen LogP contribution < -0.4 is 14.9 Å². The van der Waals surface area contributed by atoms with Crippen LogP contribution in [0.2, 0.25) is 0 Å². The highest BCUT2D eigenvalue weighted by Gasteiger charge is 2.66. The molecule has 0 aromatic heterocycles. The third-order valence-electron chi connectivity index (χ3n) is 3.57. The molecule has 2 rings (SSSR count). The van der Waals surface area contributed by atoms with Crippen molar-refractivity contribution in [1.29, 1.82) is 0 Å². The monoisotopic (exact) mass is 418 g/mol. The fourth-order valence-electron chi connectivity index (χ4n) is 1.86. The third-order valence-corrected chi connectivity index (χ3v) is 5.88. The van der Waals surface area contributed by atoms with E-state index in [1.165, 1.54) is 0 Å². The van der Waals surface area contributed by atoms with E-state index in [0.29, 0.717) is 17.9 Å². The molecule has 0 radical (unpaired) electrons. The van der Waals surface area contributed by atoms with Crippen LogP contribution in [0.1, 0.15) is 18.9 Å². The number of hydrogen-bond acceptors (Lipinski definition) is 4. The van der Waals surface area contributed by atoms with E-state index in [4.69, 9.17) is 9.47 Å². The molecule has 1 saturated carbocycles. The Hall–Kier alpha value is -1.08. The highest BCUT2D eigenvalue weighted by atomic mass is 79.9. The Morgan fingerprint density at radius 3 is 2.57 bits per heavy atom. The summed E-state index contributed by atoms with van der Waals surface area (Å²) < 4.78 is 10.1. The summed E-state index contributed by atoms with van der Waals surface area (Å²) in [5, 5.41) is 3.99. The molecule has 0 bridgehead atoms. The molecule has 1 aliphatic carbocycles. The van der Waals surface area contributed by atoms with Gasteiger partial charge in [-0.25, -0.2) is 5.43 Å². The summed E-state index contributed by atoms with van der Waals surface area (Å²) in [4.78, 5) is 12.1. The molecule has 0 unspecified atom stereocenters. The highest BCUT2D eigenvalue weighted by Crippen LogP contribution is 2.66. The molecule has 21 heavy (non-hydrogen) atoms. The number of ether oxygens (including phenoxy) is 2. The van der Waals surface area contributed by atoms with E-state index in [-0.39, 0.29) is 9.14 Å². The number of nitrogens with one attached hydrogen (secondary N) is 1. The third kappa shape index (κ3) is 3.23. The summed E-state index contributed by atoms with van der Waals surface area (Å²) >= 11 is 6.91. The first-order valence-corrected chi connectivity index (χ1v) is 7.86. The Bertz CT molecular complexity index is 590. The van der Waals surface area contributed by atoms with Crippen molar-refractivity contribution < 1.29 is 14.3 Å². The molecule has 1 aromatic carbocycles. The number of rotatable bonds is 5. The highest BCUT2D eigenvalue weighted by molar-refractivity contribution is 9.25. The number of methoxy groups -OCH3 is 2. The van der Waals surface area contributed by atoms with Gasteiger partial charge in [0.05, 0.1) is 29.1 Å². The van der Waals surface area contributed by atoms with Gasteiger partial charge >= 0.3 is 0 Å². The van der Waals surface area contributed by atoms with Crippen LogP contribution in [0.25, 0.3) is 0 Å². The minimum atomic E-state index is -0.492. The molecule has 114 valence electrons. The number of nitrogens with zero attached hydrogens (tertiary/aromatic N) is 1. The normalized spacial score (nSPS) is 22.9. The molecule has 0 spiro atoms. The van der Waals surface area contributed by atoms with Crippen molar-refractivity contribution in [2.75, 3.05) is 14.2 Å². The Balaban J connectivity index is 2.04. The predicted molar refractivity (Wildman–Crippen MR) is 88.6 cm³/mol. The zero-order valence-corrected chi connectivity index (χ0v) is 15.1. The Kier molecular flexibility index (Phi) is 4.63. The van der Waals surface area contributed by atoms with Crippen molar-refractivity contribution in [2.45, 2.75) is 16.6 Å². The van der Waals surface area contributed by atoms with Crippen LogP contribution >= 0.6 is 31.9 Å². The second-order valence-corrected chi connectivity index (χ2v) is 8.79. The van der Waals surface area contributed by atoms with Crippen LogP contribution in [-0.2, 0) is 4.79 Å². The lowest BCUT2D eigenvalue weighted by molar-refractivity contribution is -0.125. The van der Waals surface area contributed by atoms with Crippen LogP contribution in [0.4, 0.5) is 0 Å². The van der Waals surface area contributed by atoms with E-state index >= 15 is 0 Å². The van der Waals surface area contributed by atoms with Gasteiger partial charge < -0.3 is 9.47 Å². The summed E-state index contributed by atoms with van der Waals surface area (Å²) in [6.07, 6.45) is 2.26. The lowest BCUT2D eigenvalue weighted by atomic mass is 10.1. The molecule has 0 aliphatic heterocycles. The number of amides is 1. The average molecular weight is 420 g/mol. The number of halogens is 2. The number of hydrogen-bond donors (Lipinski definition) is 1. The maximum atomic E-state index is 12.1. The molecule has 1 fully saturated rings. The van der Waals surface area contributed by atoms with Crippen molar-refractivity contribution in [1.82, 2.24) is 5.43 Å². The molecular weight excluding hydrogens is 404 g/mol. The van der Waals surface area contributed by atoms with Gasteiger partial charge in [0.15, 0.2) is 0 Å². The van der Waals surface area contributed by atoms with Crippen LogP contribution in [0.3, 0.4) is 0 Å². The lowest BCUT2D eigenvalue weighted by Gasteiger charge is -2.10. The van der Waals surface area contributed by atoms with E-state index in [1.807, 2.05) is 13.0 Å². The van der Waals surface area contributed by atoms with Crippen molar-refractivity contribution in [3.05, 3.63) is 23.8 Å². The molecule has 0 heterocycles. The summed E-state index contributed by atoms with van der Waals surface area (Å²) in [5.41, 5.74) is 2.81. The summed E-state index contributed by atoms with van der Waals surface area (Å²) in [6.45, 7) is 1.87. The van der Waals surface area contributed by atoms with Gasteiger partial charge in [0, 0.05) is 11.6 Å². The lowest BCUT2D eigenvalue weighted by Crippen LogP contribution is -2.29. The van der Waals surface area contributed by atoms with E-state index in [2.05, 4.69) is 42.4 Å². The Labute approximate surface area is 140 Å². The van der Waals surface area contributed by atoms with Gasteiger partial charge in [0.1, 0.15) is 11.5 Å². The molecule has 1 aliphatic rings. The number of benzene rings is 1. The molecule has 1 atom stereocenters. The van der Waals surface area contributed by atoms with Crippen LogP contribution in [0, 0.1) is 5.41 Å². The number of carbonyl (C=O) groups is 1. The van der Waals surface area contributed by atoms with Crippen molar-refractivity contribution in [3.8, 4) is 11.5 Å². The Morgan fingerprint density at radius 1 is 1.38 bits per heavy atom. The molecule has 7 heteroatoms. The first kappa shape index (κ1) is 16.3. The van der Waals surface area contributed by atoms with Gasteiger partial charge in [0.2, 0.25) is 5.91 Å². The number of hydrazone groups is 1. The fraction of sp³-hybridized carbons (Fsp3) is 0.429. The number of alkyl halides is 2. The standard InChI is InChI=1S/C14H16Br2N2O3/c1-13(8-14(13,15)16)12(19)18-17-7-9-4-5-10(20-2)6-11(9)21-3/h4-7H,8H2,1-3H3,(H,18,19)/b17-7-/t13-/m0/s1. The van der Waals surface area contributed by atoms with Crippen LogP contribution in [0.5, 0.6) is 11.5 Å². The zero-order valence-electron chi connectivity index (χ0n) is 11.9. The second-order valence-electron chi connectivity index (χ2n) is 5.02. The molecular formula is C14H16Br2N2O3. The topological polar surface area (TPSA) is 59.9 Å². The fourth-order valence-corrected chi connectivity index (χ4v) is 3.34. The molecule has 1 aromatic rings. The molecule has 5 nitrogen and oxygen atoms in total. The first-order chi connectivity index (χ1) is 9.84. The summed E-state index contributed by atoms with van der Waals surface area (Å²) in [7, 11) is 3.16. The van der Waals surface area contributed by atoms with Crippen LogP contribution in [-0.4, -0.2) is 29.6 Å². The molecule has 1 N–H and O–H groups in total. The zero-order chi connectivity index (χ0) is 15.7. The number of carbonyl (C=O) groups excluding carboxylic acids is 1. The minimum absolute atomic E-state index is 0.139. The van der Waals surface area contributed by atoms with Crippen molar-refractivity contribution in [2.24, 2.45) is 10.5 Å². The van der Waals surface area contributed by atoms with E-state index in [0.717, 1.165) is 5.56 Å². The van der Waals surface area contributed by atoms with Crippen molar-refractivity contribution >= 4 is 44.0 Å². The Morgan fingerprint density at radius 2 is 2.05 bits per heavy atom.